The minimum Gasteiger partial charge on any atom is -0.352 e. The van der Waals surface area contributed by atoms with Crippen LogP contribution in [0, 0.1) is 6.92 Å². The molecule has 0 saturated carbocycles. The van der Waals surface area contributed by atoms with E-state index in [4.69, 9.17) is 0 Å². The first-order chi connectivity index (χ1) is 13.4. The van der Waals surface area contributed by atoms with Gasteiger partial charge >= 0.3 is 0 Å². The van der Waals surface area contributed by atoms with E-state index in [1.807, 2.05) is 34.6 Å². The number of carbonyl (C=O) groups excluding carboxylic acids is 4. The van der Waals surface area contributed by atoms with Gasteiger partial charge in [0.05, 0.1) is 11.1 Å². The van der Waals surface area contributed by atoms with Gasteiger partial charge in [-0.2, -0.15) is 0 Å². The molecule has 2 N–H and O–H groups in total. The molecular weight excluding hydrogens is 372 g/mol. The summed E-state index contributed by atoms with van der Waals surface area (Å²) in [6.07, 6.45) is 0. The lowest BCUT2D eigenvalue weighted by Gasteiger charge is -2.42. The summed E-state index contributed by atoms with van der Waals surface area (Å²) in [5.74, 6) is -0.998. The van der Waals surface area contributed by atoms with Crippen LogP contribution in [-0.4, -0.2) is 70.7 Å². The molecule has 2 heterocycles. The van der Waals surface area contributed by atoms with Gasteiger partial charge in [-0.15, -0.1) is 0 Å². The molecule has 3 rings (SSSR count). The van der Waals surface area contributed by atoms with Gasteiger partial charge in [-0.05, 0) is 58.4 Å². The van der Waals surface area contributed by atoms with Gasteiger partial charge in [-0.25, -0.2) is 0 Å². The van der Waals surface area contributed by atoms with E-state index in [-0.39, 0.29) is 36.7 Å². The molecule has 0 aliphatic carbocycles. The van der Waals surface area contributed by atoms with Crippen molar-refractivity contribution in [3.8, 4) is 0 Å². The summed E-state index contributed by atoms with van der Waals surface area (Å²) in [4.78, 5) is 53.2. The van der Waals surface area contributed by atoms with E-state index >= 15 is 0 Å². The Balaban J connectivity index is 1.93. The number of nitrogens with zero attached hydrogens (tertiary/aromatic N) is 2. The summed E-state index contributed by atoms with van der Waals surface area (Å²) in [6.45, 7) is 10.1. The van der Waals surface area contributed by atoms with E-state index in [1.54, 1.807) is 18.2 Å². The van der Waals surface area contributed by atoms with Gasteiger partial charge < -0.3 is 20.4 Å². The highest BCUT2D eigenvalue weighted by Crippen LogP contribution is 2.24. The van der Waals surface area contributed by atoms with Gasteiger partial charge in [0.25, 0.3) is 11.8 Å². The summed E-state index contributed by atoms with van der Waals surface area (Å²) in [5, 5.41) is 5.55. The molecule has 1 aromatic rings. The van der Waals surface area contributed by atoms with Crippen molar-refractivity contribution in [2.75, 3.05) is 26.2 Å². The number of benzene rings is 1. The average molecular weight is 400 g/mol. The van der Waals surface area contributed by atoms with Gasteiger partial charge in [0, 0.05) is 24.2 Å². The first kappa shape index (κ1) is 20.8. The molecule has 8 nitrogen and oxygen atoms in total. The molecule has 156 valence electrons. The monoisotopic (exact) mass is 400 g/mol. The molecule has 2 saturated heterocycles. The van der Waals surface area contributed by atoms with E-state index < -0.39 is 11.1 Å². The SMILES string of the molecule is Cc1cc(C(=O)N2CC(=O)NCC2(C)C)cc(C(=O)N2CC(=O)NCC2(C)C)c1. The normalized spacial score (nSPS) is 20.7. The van der Waals surface area contributed by atoms with Crippen molar-refractivity contribution in [3.63, 3.8) is 0 Å². The first-order valence-corrected chi connectivity index (χ1v) is 9.70. The quantitative estimate of drug-likeness (QED) is 0.763. The Bertz CT molecular complexity index is 822. The molecule has 0 bridgehead atoms. The zero-order chi connectivity index (χ0) is 21.6. The minimum atomic E-state index is -0.536. The largest absolute Gasteiger partial charge is 0.352 e. The molecule has 0 unspecified atom stereocenters. The van der Waals surface area contributed by atoms with Crippen LogP contribution in [0.1, 0.15) is 54.0 Å². The Morgan fingerprint density at radius 3 is 1.55 bits per heavy atom. The lowest BCUT2D eigenvalue weighted by molar-refractivity contribution is -0.126. The van der Waals surface area contributed by atoms with Crippen LogP contribution < -0.4 is 10.6 Å². The molecule has 29 heavy (non-hydrogen) atoms. The van der Waals surface area contributed by atoms with E-state index in [0.717, 1.165) is 5.56 Å². The van der Waals surface area contributed by atoms with Crippen LogP contribution in [0.15, 0.2) is 18.2 Å². The van der Waals surface area contributed by atoms with E-state index in [2.05, 4.69) is 10.6 Å². The predicted molar refractivity (Wildman–Crippen MR) is 107 cm³/mol. The van der Waals surface area contributed by atoms with Gasteiger partial charge in [-0.3, -0.25) is 19.2 Å². The molecule has 1 aromatic carbocycles. The van der Waals surface area contributed by atoms with Crippen molar-refractivity contribution in [2.45, 2.75) is 45.7 Å². The Labute approximate surface area is 170 Å². The maximum atomic E-state index is 13.2. The molecule has 2 aliphatic rings. The second kappa shape index (κ2) is 7.17. The molecule has 0 atom stereocenters. The minimum absolute atomic E-state index is 0.0254. The van der Waals surface area contributed by atoms with Crippen LogP contribution in [0.3, 0.4) is 0 Å². The van der Waals surface area contributed by atoms with Crippen LogP contribution in [0.2, 0.25) is 0 Å². The third kappa shape index (κ3) is 4.11. The Hall–Kier alpha value is -2.90. The molecule has 8 heteroatoms. The fourth-order valence-electron chi connectivity index (χ4n) is 3.68. The number of hydrogen-bond donors (Lipinski definition) is 2. The smallest absolute Gasteiger partial charge is 0.254 e. The summed E-state index contributed by atoms with van der Waals surface area (Å²) < 4.78 is 0. The number of piperazine rings is 2. The average Bonchev–Trinajstić information content (AvgIpc) is 2.64. The fraction of sp³-hybridized carbons (Fsp3) is 0.524. The predicted octanol–water partition coefficient (Wildman–Crippen LogP) is 0.696. The highest BCUT2D eigenvalue weighted by Gasteiger charge is 2.39. The van der Waals surface area contributed by atoms with Crippen molar-refractivity contribution in [1.82, 2.24) is 20.4 Å². The second-order valence-electron chi connectivity index (χ2n) is 9.05. The Morgan fingerprint density at radius 2 is 1.17 bits per heavy atom. The van der Waals surface area contributed by atoms with Crippen molar-refractivity contribution in [2.24, 2.45) is 0 Å². The molecule has 4 amide bonds. The molecule has 0 aromatic heterocycles. The van der Waals surface area contributed by atoms with Gasteiger partial charge in [-0.1, -0.05) is 0 Å². The topological polar surface area (TPSA) is 98.8 Å². The lowest BCUT2D eigenvalue weighted by atomic mass is 9.95. The molecule has 0 spiro atoms. The van der Waals surface area contributed by atoms with Crippen LogP contribution in [0.4, 0.5) is 0 Å². The van der Waals surface area contributed by atoms with Crippen molar-refractivity contribution in [1.29, 1.82) is 0 Å². The van der Waals surface area contributed by atoms with E-state index in [0.29, 0.717) is 24.2 Å². The highest BCUT2D eigenvalue weighted by molar-refractivity contribution is 6.02. The molecular formula is C21H28N4O4. The maximum absolute atomic E-state index is 13.2. The van der Waals surface area contributed by atoms with Crippen molar-refractivity contribution in [3.05, 3.63) is 34.9 Å². The van der Waals surface area contributed by atoms with E-state index in [9.17, 15) is 19.2 Å². The number of hydrogen-bond acceptors (Lipinski definition) is 4. The number of amides is 4. The number of carbonyl (C=O) groups is 4. The summed E-state index contributed by atoms with van der Waals surface area (Å²) in [6, 6.07) is 4.99. The van der Waals surface area contributed by atoms with Crippen LogP contribution in [0.5, 0.6) is 0 Å². The third-order valence-corrected chi connectivity index (χ3v) is 5.56. The summed E-state index contributed by atoms with van der Waals surface area (Å²) in [5.41, 5.74) is 0.404. The standard InChI is InChI=1S/C21H28N4O4/c1-13-6-14(18(28)24-9-16(26)22-11-20(24,2)3)8-15(7-13)19(29)25-10-17(27)23-12-21(25,4)5/h6-8H,9-12H2,1-5H3,(H,22,26)(H,23,27). The Kier molecular flexibility index (Phi) is 5.15. The Morgan fingerprint density at radius 1 is 0.793 bits per heavy atom. The second-order valence-corrected chi connectivity index (χ2v) is 9.05. The zero-order valence-corrected chi connectivity index (χ0v) is 17.6. The number of aryl methyl sites for hydroxylation is 1. The van der Waals surface area contributed by atoms with Gasteiger partial charge in [0.15, 0.2) is 0 Å². The zero-order valence-electron chi connectivity index (χ0n) is 17.6. The molecule has 2 aliphatic heterocycles. The van der Waals surface area contributed by atoms with Crippen LogP contribution >= 0.6 is 0 Å². The summed E-state index contributed by atoms with van der Waals surface area (Å²) in [7, 11) is 0. The lowest BCUT2D eigenvalue weighted by Crippen LogP contribution is -2.62. The third-order valence-electron chi connectivity index (χ3n) is 5.56. The van der Waals surface area contributed by atoms with Gasteiger partial charge in [0.1, 0.15) is 13.1 Å². The van der Waals surface area contributed by atoms with Crippen molar-refractivity contribution < 1.29 is 19.2 Å². The van der Waals surface area contributed by atoms with Crippen molar-refractivity contribution >= 4 is 23.6 Å². The summed E-state index contributed by atoms with van der Waals surface area (Å²) >= 11 is 0. The maximum Gasteiger partial charge on any atom is 0.254 e. The van der Waals surface area contributed by atoms with E-state index in [1.165, 1.54) is 9.80 Å². The fourth-order valence-corrected chi connectivity index (χ4v) is 3.68. The highest BCUT2D eigenvalue weighted by atomic mass is 16.2. The molecule has 0 radical (unpaired) electrons. The first-order valence-electron chi connectivity index (χ1n) is 9.70. The number of rotatable bonds is 2. The molecule has 2 fully saturated rings. The van der Waals surface area contributed by atoms with Crippen LogP contribution in [0.25, 0.3) is 0 Å². The van der Waals surface area contributed by atoms with Crippen LogP contribution in [-0.2, 0) is 9.59 Å². The number of nitrogens with one attached hydrogen (secondary N) is 2. The van der Waals surface area contributed by atoms with Gasteiger partial charge in [0.2, 0.25) is 11.8 Å².